The van der Waals surface area contributed by atoms with Crippen LogP contribution in [0.15, 0.2) is 24.3 Å². The molecule has 0 saturated carbocycles. The minimum absolute atomic E-state index is 0.0855. The summed E-state index contributed by atoms with van der Waals surface area (Å²) >= 11 is 0. The number of hydrogen-bond acceptors (Lipinski definition) is 3. The number of carbonyl (C=O) groups is 1. The summed E-state index contributed by atoms with van der Waals surface area (Å²) in [6.07, 6.45) is 5.71. The van der Waals surface area contributed by atoms with Crippen molar-refractivity contribution in [1.29, 1.82) is 0 Å². The molecule has 3 rings (SSSR count). The summed E-state index contributed by atoms with van der Waals surface area (Å²) in [6.45, 7) is 4.47. The van der Waals surface area contributed by atoms with E-state index < -0.39 is 0 Å². The average Bonchev–Trinajstić information content (AvgIpc) is 2.55. The lowest BCUT2D eigenvalue weighted by molar-refractivity contribution is -0.124. The van der Waals surface area contributed by atoms with Gasteiger partial charge in [0.05, 0.1) is 19.2 Å². The Bertz CT molecular complexity index is 518. The van der Waals surface area contributed by atoms with E-state index in [2.05, 4.69) is 23.2 Å². The molecule has 2 heterocycles. The molecule has 22 heavy (non-hydrogen) atoms. The van der Waals surface area contributed by atoms with Gasteiger partial charge < -0.3 is 10.1 Å². The number of amides is 1. The largest absolute Gasteiger partial charge is 0.493 e. The van der Waals surface area contributed by atoms with Crippen LogP contribution >= 0.6 is 0 Å². The van der Waals surface area contributed by atoms with Gasteiger partial charge in [0, 0.05) is 18.0 Å². The summed E-state index contributed by atoms with van der Waals surface area (Å²) in [4.78, 5) is 14.8. The molecule has 0 aliphatic carbocycles. The topological polar surface area (TPSA) is 41.6 Å². The molecule has 0 bridgehead atoms. The summed E-state index contributed by atoms with van der Waals surface area (Å²) in [7, 11) is 0. The maximum atomic E-state index is 12.5. The number of benzene rings is 1. The number of carbonyl (C=O) groups excluding carboxylic acids is 1. The minimum atomic E-state index is 0.0855. The Morgan fingerprint density at radius 2 is 2.18 bits per heavy atom. The van der Waals surface area contributed by atoms with Crippen LogP contribution in [-0.4, -0.2) is 36.5 Å². The summed E-state index contributed by atoms with van der Waals surface area (Å²) < 4.78 is 5.66. The fourth-order valence-corrected chi connectivity index (χ4v) is 3.65. The monoisotopic (exact) mass is 302 g/mol. The van der Waals surface area contributed by atoms with Crippen molar-refractivity contribution in [3.8, 4) is 5.75 Å². The zero-order valence-corrected chi connectivity index (χ0v) is 13.4. The number of hydrogen-bond donors (Lipinski definition) is 1. The van der Waals surface area contributed by atoms with Crippen molar-refractivity contribution in [3.05, 3.63) is 29.8 Å². The Labute approximate surface area is 132 Å². The van der Waals surface area contributed by atoms with Gasteiger partial charge in [0.25, 0.3) is 0 Å². The third-order valence-electron chi connectivity index (χ3n) is 4.86. The molecule has 1 aromatic carbocycles. The van der Waals surface area contributed by atoms with Gasteiger partial charge in [-0.25, -0.2) is 0 Å². The van der Waals surface area contributed by atoms with E-state index in [1.54, 1.807) is 0 Å². The highest BCUT2D eigenvalue weighted by molar-refractivity contribution is 5.78. The minimum Gasteiger partial charge on any atom is -0.493 e. The van der Waals surface area contributed by atoms with E-state index in [0.29, 0.717) is 19.2 Å². The molecule has 1 fully saturated rings. The molecule has 1 saturated heterocycles. The summed E-state index contributed by atoms with van der Waals surface area (Å²) in [5, 5.41) is 3.21. The second kappa shape index (κ2) is 7.14. The molecule has 0 radical (unpaired) electrons. The van der Waals surface area contributed by atoms with Gasteiger partial charge in [0.15, 0.2) is 0 Å². The molecule has 4 nitrogen and oxygen atoms in total. The highest BCUT2D eigenvalue weighted by Crippen LogP contribution is 2.31. The number of nitrogens with zero attached hydrogens (tertiary/aromatic N) is 1. The van der Waals surface area contributed by atoms with Crippen LogP contribution < -0.4 is 10.1 Å². The molecule has 2 aliphatic heterocycles. The molecule has 0 spiro atoms. The van der Waals surface area contributed by atoms with Crippen molar-refractivity contribution < 1.29 is 9.53 Å². The van der Waals surface area contributed by atoms with Crippen molar-refractivity contribution in [2.45, 2.75) is 51.1 Å². The van der Waals surface area contributed by atoms with E-state index in [1.165, 1.54) is 19.3 Å². The Kier molecular flexibility index (Phi) is 4.98. The van der Waals surface area contributed by atoms with E-state index >= 15 is 0 Å². The van der Waals surface area contributed by atoms with Gasteiger partial charge in [-0.3, -0.25) is 9.69 Å². The molecule has 1 aromatic rings. The van der Waals surface area contributed by atoms with Gasteiger partial charge in [-0.1, -0.05) is 31.5 Å². The predicted molar refractivity (Wildman–Crippen MR) is 86.9 cm³/mol. The van der Waals surface area contributed by atoms with Crippen molar-refractivity contribution in [1.82, 2.24) is 10.2 Å². The number of nitrogens with one attached hydrogen (secondary N) is 1. The van der Waals surface area contributed by atoms with Crippen LogP contribution in [-0.2, 0) is 4.79 Å². The molecule has 2 unspecified atom stereocenters. The van der Waals surface area contributed by atoms with E-state index in [4.69, 9.17) is 4.74 Å². The molecule has 1 amide bonds. The molecule has 0 aromatic heterocycles. The van der Waals surface area contributed by atoms with Crippen molar-refractivity contribution >= 4 is 5.91 Å². The number of ether oxygens (including phenoxy) is 1. The standard InChI is InChI=1S/C18H26N2O2/c1-2-14-7-5-6-11-20(14)13-18(21)19-16-10-12-22-17-9-4-3-8-15(16)17/h3-4,8-9,14,16H,2,5-7,10-13H2,1H3,(H,19,21). The third kappa shape index (κ3) is 3.43. The van der Waals surface area contributed by atoms with Gasteiger partial charge in [-0.15, -0.1) is 0 Å². The fourth-order valence-electron chi connectivity index (χ4n) is 3.65. The molecule has 4 heteroatoms. The van der Waals surface area contributed by atoms with Crippen molar-refractivity contribution in [2.75, 3.05) is 19.7 Å². The Morgan fingerprint density at radius 3 is 3.05 bits per heavy atom. The van der Waals surface area contributed by atoms with E-state index in [9.17, 15) is 4.79 Å². The van der Waals surface area contributed by atoms with Gasteiger partial charge in [-0.2, -0.15) is 0 Å². The SMILES string of the molecule is CCC1CCCCN1CC(=O)NC1CCOc2ccccc21. The summed E-state index contributed by atoms with van der Waals surface area (Å²) in [5.74, 6) is 1.05. The average molecular weight is 302 g/mol. The van der Waals surface area contributed by atoms with Crippen molar-refractivity contribution in [3.63, 3.8) is 0 Å². The maximum absolute atomic E-state index is 12.5. The van der Waals surface area contributed by atoms with Crippen molar-refractivity contribution in [2.24, 2.45) is 0 Å². The molecular weight excluding hydrogens is 276 g/mol. The third-order valence-corrected chi connectivity index (χ3v) is 4.86. The quantitative estimate of drug-likeness (QED) is 0.930. The zero-order valence-electron chi connectivity index (χ0n) is 13.4. The van der Waals surface area contributed by atoms with Crippen LogP contribution in [0.3, 0.4) is 0 Å². The first-order chi connectivity index (χ1) is 10.8. The molecule has 2 aliphatic rings. The number of rotatable bonds is 4. The van der Waals surface area contributed by atoms with E-state index in [1.807, 2.05) is 18.2 Å². The predicted octanol–water partition coefficient (Wildman–Crippen LogP) is 2.89. The van der Waals surface area contributed by atoms with Gasteiger partial charge in [0.1, 0.15) is 5.75 Å². The Balaban J connectivity index is 1.60. The second-order valence-corrected chi connectivity index (χ2v) is 6.32. The molecular formula is C18H26N2O2. The van der Waals surface area contributed by atoms with Crippen LogP contribution in [0.5, 0.6) is 5.75 Å². The fraction of sp³-hybridized carbons (Fsp3) is 0.611. The lowest BCUT2D eigenvalue weighted by Crippen LogP contribution is -2.46. The van der Waals surface area contributed by atoms with Crippen LogP contribution in [0.4, 0.5) is 0 Å². The van der Waals surface area contributed by atoms with E-state index in [-0.39, 0.29) is 11.9 Å². The number of likely N-dealkylation sites (tertiary alicyclic amines) is 1. The van der Waals surface area contributed by atoms with E-state index in [0.717, 1.165) is 30.7 Å². The lowest BCUT2D eigenvalue weighted by Gasteiger charge is -2.35. The van der Waals surface area contributed by atoms with Crippen LogP contribution in [0.25, 0.3) is 0 Å². The van der Waals surface area contributed by atoms with Gasteiger partial charge in [-0.05, 0) is 31.9 Å². The molecule has 120 valence electrons. The summed E-state index contributed by atoms with van der Waals surface area (Å²) in [6, 6.07) is 8.66. The van der Waals surface area contributed by atoms with Crippen LogP contribution in [0.2, 0.25) is 0 Å². The smallest absolute Gasteiger partial charge is 0.234 e. The normalized spacial score (nSPS) is 25.1. The number of para-hydroxylation sites is 1. The first kappa shape index (κ1) is 15.3. The van der Waals surface area contributed by atoms with Crippen LogP contribution in [0.1, 0.15) is 50.6 Å². The number of fused-ring (bicyclic) bond motifs is 1. The first-order valence-electron chi connectivity index (χ1n) is 8.53. The first-order valence-corrected chi connectivity index (χ1v) is 8.53. The lowest BCUT2D eigenvalue weighted by atomic mass is 9.99. The van der Waals surface area contributed by atoms with Gasteiger partial charge >= 0.3 is 0 Å². The maximum Gasteiger partial charge on any atom is 0.234 e. The molecule has 2 atom stereocenters. The number of piperidine rings is 1. The second-order valence-electron chi connectivity index (χ2n) is 6.32. The Morgan fingerprint density at radius 1 is 1.32 bits per heavy atom. The highest BCUT2D eigenvalue weighted by Gasteiger charge is 2.26. The Hall–Kier alpha value is -1.55. The molecule has 1 N–H and O–H groups in total. The zero-order chi connectivity index (χ0) is 15.4. The van der Waals surface area contributed by atoms with Crippen LogP contribution in [0, 0.1) is 0 Å². The highest BCUT2D eigenvalue weighted by atomic mass is 16.5. The van der Waals surface area contributed by atoms with Gasteiger partial charge in [0.2, 0.25) is 5.91 Å². The summed E-state index contributed by atoms with van der Waals surface area (Å²) in [5.41, 5.74) is 1.10.